The standard InChI is InChI=1S/C10H15N/c1-2-7(1)10(8-3-4-8)11-9-5-6-9/h7-9H,1-6H2. The first-order valence-corrected chi connectivity index (χ1v) is 5.01. The number of nitrogens with zero attached hydrogens (tertiary/aromatic N) is 1. The van der Waals surface area contributed by atoms with Gasteiger partial charge in [0.15, 0.2) is 0 Å². The fraction of sp³-hybridized carbons (Fsp3) is 0.900. The SMILES string of the molecule is C1CC1N=C(C1CC1)C1CC1. The molecule has 0 N–H and O–H groups in total. The second-order valence-corrected chi connectivity index (χ2v) is 4.33. The van der Waals surface area contributed by atoms with Crippen LogP contribution in [0.4, 0.5) is 0 Å². The smallest absolute Gasteiger partial charge is 0.0500 e. The third kappa shape index (κ3) is 1.33. The molecule has 0 unspecified atom stereocenters. The monoisotopic (exact) mass is 149 g/mol. The molecule has 11 heavy (non-hydrogen) atoms. The van der Waals surface area contributed by atoms with Crippen molar-refractivity contribution in [3.05, 3.63) is 0 Å². The minimum absolute atomic E-state index is 0.770. The van der Waals surface area contributed by atoms with Crippen LogP contribution in [0.25, 0.3) is 0 Å². The molecule has 3 aliphatic carbocycles. The predicted octanol–water partition coefficient (Wildman–Crippen LogP) is 2.41. The molecular formula is C10H15N. The summed E-state index contributed by atoms with van der Waals surface area (Å²) < 4.78 is 0. The van der Waals surface area contributed by atoms with Crippen LogP contribution in [-0.4, -0.2) is 11.8 Å². The van der Waals surface area contributed by atoms with Crippen molar-refractivity contribution in [2.75, 3.05) is 0 Å². The van der Waals surface area contributed by atoms with Crippen LogP contribution in [-0.2, 0) is 0 Å². The molecular weight excluding hydrogens is 134 g/mol. The summed E-state index contributed by atoms with van der Waals surface area (Å²) in [6.45, 7) is 0. The van der Waals surface area contributed by atoms with Crippen LogP contribution in [0.1, 0.15) is 38.5 Å². The lowest BCUT2D eigenvalue weighted by Gasteiger charge is -2.00. The summed E-state index contributed by atoms with van der Waals surface area (Å²) in [6, 6.07) is 0.770. The van der Waals surface area contributed by atoms with Gasteiger partial charge in [0, 0.05) is 5.71 Å². The maximum Gasteiger partial charge on any atom is 0.0500 e. The Morgan fingerprint density at radius 2 is 1.36 bits per heavy atom. The van der Waals surface area contributed by atoms with Gasteiger partial charge in [-0.25, -0.2) is 0 Å². The van der Waals surface area contributed by atoms with E-state index in [2.05, 4.69) is 0 Å². The van der Waals surface area contributed by atoms with Crippen LogP contribution in [0.3, 0.4) is 0 Å². The first-order valence-electron chi connectivity index (χ1n) is 5.01. The first-order chi connectivity index (χ1) is 5.43. The van der Waals surface area contributed by atoms with E-state index in [4.69, 9.17) is 4.99 Å². The Bertz CT molecular complexity index is 181. The molecule has 0 spiro atoms. The Balaban J connectivity index is 1.74. The highest BCUT2D eigenvalue weighted by Crippen LogP contribution is 2.43. The number of hydrogen-bond donors (Lipinski definition) is 0. The number of hydrogen-bond acceptors (Lipinski definition) is 1. The minimum Gasteiger partial charge on any atom is -0.290 e. The van der Waals surface area contributed by atoms with Crippen molar-refractivity contribution in [3.63, 3.8) is 0 Å². The van der Waals surface area contributed by atoms with Crippen molar-refractivity contribution >= 4 is 5.71 Å². The van der Waals surface area contributed by atoms with E-state index in [1.807, 2.05) is 0 Å². The van der Waals surface area contributed by atoms with Crippen LogP contribution >= 0.6 is 0 Å². The zero-order valence-electron chi connectivity index (χ0n) is 6.92. The van der Waals surface area contributed by atoms with Gasteiger partial charge in [0.2, 0.25) is 0 Å². The topological polar surface area (TPSA) is 12.4 Å². The molecule has 3 aliphatic rings. The van der Waals surface area contributed by atoms with Crippen molar-refractivity contribution in [2.24, 2.45) is 16.8 Å². The third-order valence-electron chi connectivity index (χ3n) is 2.87. The Labute approximate surface area is 67.9 Å². The second-order valence-electron chi connectivity index (χ2n) is 4.33. The zero-order valence-corrected chi connectivity index (χ0v) is 6.92. The highest BCUT2D eigenvalue weighted by Gasteiger charge is 2.39. The zero-order chi connectivity index (χ0) is 7.26. The molecule has 3 rings (SSSR count). The van der Waals surface area contributed by atoms with Crippen LogP contribution in [0, 0.1) is 11.8 Å². The van der Waals surface area contributed by atoms with Gasteiger partial charge >= 0.3 is 0 Å². The van der Waals surface area contributed by atoms with Crippen molar-refractivity contribution < 1.29 is 0 Å². The van der Waals surface area contributed by atoms with Crippen molar-refractivity contribution in [2.45, 2.75) is 44.6 Å². The molecule has 0 aliphatic heterocycles. The molecule has 0 bridgehead atoms. The molecule has 0 aromatic rings. The van der Waals surface area contributed by atoms with Gasteiger partial charge in [-0.15, -0.1) is 0 Å². The Kier molecular flexibility index (Phi) is 1.18. The van der Waals surface area contributed by atoms with E-state index < -0.39 is 0 Å². The summed E-state index contributed by atoms with van der Waals surface area (Å²) in [4.78, 5) is 4.83. The maximum absolute atomic E-state index is 4.83. The van der Waals surface area contributed by atoms with Crippen molar-refractivity contribution in [1.82, 2.24) is 0 Å². The van der Waals surface area contributed by atoms with Gasteiger partial charge in [-0.2, -0.15) is 0 Å². The molecule has 0 atom stereocenters. The second kappa shape index (κ2) is 2.09. The van der Waals surface area contributed by atoms with Gasteiger partial charge in [-0.05, 0) is 50.4 Å². The predicted molar refractivity (Wildman–Crippen MR) is 45.9 cm³/mol. The van der Waals surface area contributed by atoms with Gasteiger partial charge in [0.1, 0.15) is 0 Å². The molecule has 1 nitrogen and oxygen atoms in total. The average Bonchev–Trinajstić information content (AvgIpc) is 2.77. The van der Waals surface area contributed by atoms with Gasteiger partial charge in [0.05, 0.1) is 6.04 Å². The Morgan fingerprint density at radius 1 is 0.818 bits per heavy atom. The molecule has 1 heteroatoms. The van der Waals surface area contributed by atoms with E-state index in [0.29, 0.717) is 0 Å². The Morgan fingerprint density at radius 3 is 1.73 bits per heavy atom. The molecule has 0 heterocycles. The van der Waals surface area contributed by atoms with E-state index >= 15 is 0 Å². The highest BCUT2D eigenvalue weighted by atomic mass is 14.9. The van der Waals surface area contributed by atoms with Gasteiger partial charge < -0.3 is 0 Å². The lowest BCUT2D eigenvalue weighted by atomic mass is 10.1. The van der Waals surface area contributed by atoms with E-state index in [0.717, 1.165) is 17.9 Å². The molecule has 0 radical (unpaired) electrons. The van der Waals surface area contributed by atoms with E-state index in [1.54, 1.807) is 5.71 Å². The molecule has 3 fully saturated rings. The lowest BCUT2D eigenvalue weighted by molar-refractivity contribution is 0.963. The molecule has 60 valence electrons. The van der Waals surface area contributed by atoms with Gasteiger partial charge in [-0.1, -0.05) is 0 Å². The van der Waals surface area contributed by atoms with Crippen molar-refractivity contribution in [1.29, 1.82) is 0 Å². The quantitative estimate of drug-likeness (QED) is 0.546. The minimum atomic E-state index is 0.770. The van der Waals surface area contributed by atoms with Crippen LogP contribution in [0.15, 0.2) is 4.99 Å². The Hall–Kier alpha value is -0.330. The molecule has 0 saturated heterocycles. The molecule has 0 aromatic carbocycles. The highest BCUT2D eigenvalue weighted by molar-refractivity contribution is 5.92. The van der Waals surface area contributed by atoms with Gasteiger partial charge in [-0.3, -0.25) is 4.99 Å². The molecule has 0 aromatic heterocycles. The largest absolute Gasteiger partial charge is 0.290 e. The normalized spacial score (nSPS) is 30.2. The fourth-order valence-electron chi connectivity index (χ4n) is 1.72. The summed E-state index contributed by atoms with van der Waals surface area (Å²) in [5, 5.41) is 0. The van der Waals surface area contributed by atoms with Crippen LogP contribution in [0.2, 0.25) is 0 Å². The van der Waals surface area contributed by atoms with Crippen LogP contribution in [0.5, 0.6) is 0 Å². The first kappa shape index (κ1) is 6.22. The fourth-order valence-corrected chi connectivity index (χ4v) is 1.72. The third-order valence-corrected chi connectivity index (χ3v) is 2.87. The lowest BCUT2D eigenvalue weighted by Crippen LogP contribution is -2.04. The van der Waals surface area contributed by atoms with E-state index in [1.165, 1.54) is 38.5 Å². The molecule has 0 amide bonds. The summed E-state index contributed by atoms with van der Waals surface area (Å²) in [5.74, 6) is 1.89. The van der Waals surface area contributed by atoms with E-state index in [-0.39, 0.29) is 0 Å². The summed E-state index contributed by atoms with van der Waals surface area (Å²) >= 11 is 0. The summed E-state index contributed by atoms with van der Waals surface area (Å²) in [5.41, 5.74) is 1.63. The van der Waals surface area contributed by atoms with Crippen LogP contribution < -0.4 is 0 Å². The average molecular weight is 149 g/mol. The van der Waals surface area contributed by atoms with E-state index in [9.17, 15) is 0 Å². The molecule has 3 saturated carbocycles. The van der Waals surface area contributed by atoms with Gasteiger partial charge in [0.25, 0.3) is 0 Å². The number of aliphatic imine (C=N–C) groups is 1. The summed E-state index contributed by atoms with van der Waals surface area (Å²) in [7, 11) is 0. The maximum atomic E-state index is 4.83. The number of rotatable bonds is 3. The van der Waals surface area contributed by atoms with Crippen molar-refractivity contribution in [3.8, 4) is 0 Å². The summed E-state index contributed by atoms with van der Waals surface area (Å²) in [6.07, 6.45) is 8.54.